The summed E-state index contributed by atoms with van der Waals surface area (Å²) in [6, 6.07) is 0.614. The van der Waals surface area contributed by atoms with Gasteiger partial charge in [0.1, 0.15) is 0 Å². The highest BCUT2D eigenvalue weighted by molar-refractivity contribution is 7.99. The average Bonchev–Trinajstić information content (AvgIpc) is 2.78. The van der Waals surface area contributed by atoms with Crippen LogP contribution < -0.4 is 5.32 Å². The van der Waals surface area contributed by atoms with Crippen LogP contribution in [-0.2, 0) is 6.54 Å². The van der Waals surface area contributed by atoms with Crippen LogP contribution in [0.1, 0.15) is 20.3 Å². The van der Waals surface area contributed by atoms with Gasteiger partial charge in [-0.1, -0.05) is 13.8 Å². The molecule has 4 heteroatoms. The summed E-state index contributed by atoms with van der Waals surface area (Å²) < 4.78 is 2.22. The van der Waals surface area contributed by atoms with E-state index in [-0.39, 0.29) is 0 Å². The van der Waals surface area contributed by atoms with Crippen molar-refractivity contribution in [3.63, 3.8) is 0 Å². The lowest BCUT2D eigenvalue weighted by Gasteiger charge is -2.15. The van der Waals surface area contributed by atoms with E-state index in [0.717, 1.165) is 12.5 Å². The summed E-state index contributed by atoms with van der Waals surface area (Å²) in [5.74, 6) is 4.20. The topological polar surface area (TPSA) is 29.9 Å². The molecule has 0 saturated carbocycles. The summed E-state index contributed by atoms with van der Waals surface area (Å²) in [6.45, 7) is 5.51. The molecule has 15 heavy (non-hydrogen) atoms. The maximum Gasteiger partial charge on any atom is 0.203 e. The molecule has 3 nitrogen and oxygen atoms in total. The van der Waals surface area contributed by atoms with Crippen LogP contribution in [0.15, 0.2) is 12.4 Å². The number of anilines is 1. The molecule has 0 amide bonds. The van der Waals surface area contributed by atoms with Gasteiger partial charge in [-0.05, 0) is 18.1 Å². The van der Waals surface area contributed by atoms with E-state index in [1.165, 1.54) is 17.9 Å². The van der Waals surface area contributed by atoms with E-state index < -0.39 is 0 Å². The van der Waals surface area contributed by atoms with Gasteiger partial charge in [0.25, 0.3) is 0 Å². The zero-order valence-corrected chi connectivity index (χ0v) is 10.3. The SMILES string of the molecule is CC(C)Cn1ccnc1NC1CCSC1. The first kappa shape index (κ1) is 10.9. The zero-order valence-electron chi connectivity index (χ0n) is 9.44. The van der Waals surface area contributed by atoms with Gasteiger partial charge >= 0.3 is 0 Å². The summed E-state index contributed by atoms with van der Waals surface area (Å²) >= 11 is 2.02. The third-order valence-electron chi connectivity index (χ3n) is 2.54. The molecule has 1 saturated heterocycles. The van der Waals surface area contributed by atoms with E-state index in [9.17, 15) is 0 Å². The van der Waals surface area contributed by atoms with Gasteiger partial charge < -0.3 is 9.88 Å². The summed E-state index contributed by atoms with van der Waals surface area (Å²) in [5, 5.41) is 3.53. The van der Waals surface area contributed by atoms with E-state index >= 15 is 0 Å². The van der Waals surface area contributed by atoms with Crippen molar-refractivity contribution in [3.8, 4) is 0 Å². The molecule has 0 radical (unpaired) electrons. The number of nitrogens with zero attached hydrogens (tertiary/aromatic N) is 2. The lowest BCUT2D eigenvalue weighted by Crippen LogP contribution is -2.21. The molecule has 1 aliphatic heterocycles. The first-order valence-electron chi connectivity index (χ1n) is 5.61. The Bertz CT molecular complexity index is 303. The molecule has 1 atom stereocenters. The molecule has 0 bridgehead atoms. The van der Waals surface area contributed by atoms with Crippen molar-refractivity contribution in [1.29, 1.82) is 0 Å². The third kappa shape index (κ3) is 2.91. The molecule has 84 valence electrons. The summed E-state index contributed by atoms with van der Waals surface area (Å²) in [4.78, 5) is 4.38. The number of nitrogens with one attached hydrogen (secondary N) is 1. The van der Waals surface area contributed by atoms with Crippen molar-refractivity contribution in [1.82, 2.24) is 9.55 Å². The number of hydrogen-bond donors (Lipinski definition) is 1. The maximum atomic E-state index is 4.38. The van der Waals surface area contributed by atoms with Gasteiger partial charge in [0.2, 0.25) is 5.95 Å². The lowest BCUT2D eigenvalue weighted by atomic mass is 10.2. The van der Waals surface area contributed by atoms with E-state index in [1.807, 2.05) is 18.0 Å². The fourth-order valence-electron chi connectivity index (χ4n) is 1.82. The Morgan fingerprint density at radius 2 is 2.53 bits per heavy atom. The summed E-state index contributed by atoms with van der Waals surface area (Å²) in [5.41, 5.74) is 0. The lowest BCUT2D eigenvalue weighted by molar-refractivity contribution is 0.524. The van der Waals surface area contributed by atoms with Gasteiger partial charge in [0, 0.05) is 30.7 Å². The quantitative estimate of drug-likeness (QED) is 0.853. The van der Waals surface area contributed by atoms with Crippen molar-refractivity contribution in [2.24, 2.45) is 5.92 Å². The number of imidazole rings is 1. The Balaban J connectivity index is 1.97. The number of hydrogen-bond acceptors (Lipinski definition) is 3. The van der Waals surface area contributed by atoms with Crippen molar-refractivity contribution >= 4 is 17.7 Å². The minimum atomic E-state index is 0.614. The van der Waals surface area contributed by atoms with Gasteiger partial charge in [0.05, 0.1) is 0 Å². The van der Waals surface area contributed by atoms with E-state index in [0.29, 0.717) is 12.0 Å². The zero-order chi connectivity index (χ0) is 10.7. The largest absolute Gasteiger partial charge is 0.352 e. The fourth-order valence-corrected chi connectivity index (χ4v) is 2.97. The number of rotatable bonds is 4. The normalized spacial score (nSPS) is 21.1. The number of aromatic nitrogens is 2. The van der Waals surface area contributed by atoms with Gasteiger partial charge in [0.15, 0.2) is 0 Å². The predicted octanol–water partition coefficient (Wildman–Crippen LogP) is 2.46. The van der Waals surface area contributed by atoms with Gasteiger partial charge in [-0.2, -0.15) is 11.8 Å². The van der Waals surface area contributed by atoms with Crippen LogP contribution in [-0.4, -0.2) is 27.1 Å². The molecule has 0 spiro atoms. The molecule has 1 aliphatic rings. The Morgan fingerprint density at radius 3 is 3.20 bits per heavy atom. The highest BCUT2D eigenvalue weighted by atomic mass is 32.2. The van der Waals surface area contributed by atoms with Crippen LogP contribution in [0.5, 0.6) is 0 Å². The third-order valence-corrected chi connectivity index (χ3v) is 3.70. The Morgan fingerprint density at radius 1 is 1.67 bits per heavy atom. The van der Waals surface area contributed by atoms with Crippen LogP contribution in [0.2, 0.25) is 0 Å². The second-order valence-corrected chi connectivity index (χ2v) is 5.65. The van der Waals surface area contributed by atoms with Crippen molar-refractivity contribution < 1.29 is 0 Å². The summed E-state index contributed by atoms with van der Waals surface area (Å²) in [6.07, 6.45) is 5.20. The van der Waals surface area contributed by atoms with Gasteiger partial charge in [-0.3, -0.25) is 0 Å². The molecule has 1 unspecified atom stereocenters. The van der Waals surface area contributed by atoms with Crippen LogP contribution in [0.3, 0.4) is 0 Å². The van der Waals surface area contributed by atoms with Crippen LogP contribution >= 0.6 is 11.8 Å². The van der Waals surface area contributed by atoms with Gasteiger partial charge in [-0.15, -0.1) is 0 Å². The second-order valence-electron chi connectivity index (χ2n) is 4.50. The van der Waals surface area contributed by atoms with Crippen LogP contribution in [0, 0.1) is 5.92 Å². The first-order valence-corrected chi connectivity index (χ1v) is 6.76. The van der Waals surface area contributed by atoms with Crippen molar-refractivity contribution in [3.05, 3.63) is 12.4 Å². The molecule has 1 aromatic heterocycles. The number of thioether (sulfide) groups is 1. The van der Waals surface area contributed by atoms with E-state index in [2.05, 4.69) is 34.9 Å². The molecule has 0 aliphatic carbocycles. The molecule has 0 aromatic carbocycles. The molecule has 1 N–H and O–H groups in total. The van der Waals surface area contributed by atoms with Crippen LogP contribution in [0.25, 0.3) is 0 Å². The monoisotopic (exact) mass is 225 g/mol. The van der Waals surface area contributed by atoms with Crippen molar-refractivity contribution in [2.45, 2.75) is 32.9 Å². The standard InChI is InChI=1S/C11H19N3S/c1-9(2)7-14-5-4-12-11(14)13-10-3-6-15-8-10/h4-5,9-10H,3,6-8H2,1-2H3,(H,12,13). The smallest absolute Gasteiger partial charge is 0.203 e. The Hall–Kier alpha value is -0.640. The van der Waals surface area contributed by atoms with Crippen molar-refractivity contribution in [2.75, 3.05) is 16.8 Å². The minimum absolute atomic E-state index is 0.614. The maximum absolute atomic E-state index is 4.38. The highest BCUT2D eigenvalue weighted by Crippen LogP contribution is 2.20. The molecule has 1 aromatic rings. The van der Waals surface area contributed by atoms with E-state index in [4.69, 9.17) is 0 Å². The first-order chi connectivity index (χ1) is 7.25. The van der Waals surface area contributed by atoms with E-state index in [1.54, 1.807) is 0 Å². The predicted molar refractivity (Wildman–Crippen MR) is 66.4 cm³/mol. The fraction of sp³-hybridized carbons (Fsp3) is 0.727. The minimum Gasteiger partial charge on any atom is -0.352 e. The Kier molecular flexibility index (Phi) is 3.57. The molecule has 2 rings (SSSR count). The second kappa shape index (κ2) is 4.92. The average molecular weight is 225 g/mol. The Labute approximate surface area is 95.7 Å². The molecule has 2 heterocycles. The molecular weight excluding hydrogens is 206 g/mol. The van der Waals surface area contributed by atoms with Crippen LogP contribution in [0.4, 0.5) is 5.95 Å². The summed E-state index contributed by atoms with van der Waals surface area (Å²) in [7, 11) is 0. The highest BCUT2D eigenvalue weighted by Gasteiger charge is 2.16. The molecular formula is C11H19N3S. The van der Waals surface area contributed by atoms with Gasteiger partial charge in [-0.25, -0.2) is 4.98 Å². The molecule has 1 fully saturated rings.